The molecule has 1 aromatic heterocycles. The fraction of sp³-hybridized carbons (Fsp3) is 0.433. The Morgan fingerprint density at radius 1 is 1.07 bits per heavy atom. The number of para-hydroxylation sites is 1. The largest absolute Gasteiger partial charge is 0.392 e. The van der Waals surface area contributed by atoms with Gasteiger partial charge in [-0.3, -0.25) is 14.6 Å². The van der Waals surface area contributed by atoms with Crippen molar-refractivity contribution in [3.05, 3.63) is 72.4 Å². The molecule has 2 aliphatic heterocycles. The van der Waals surface area contributed by atoms with Crippen LogP contribution in [0.25, 0.3) is 10.9 Å². The van der Waals surface area contributed by atoms with E-state index in [-0.39, 0.29) is 67.0 Å². The summed E-state index contributed by atoms with van der Waals surface area (Å²) in [6.07, 6.45) is 3.69. The number of pyridine rings is 1. The zero-order valence-corrected chi connectivity index (χ0v) is 25.8. The highest BCUT2D eigenvalue weighted by Gasteiger charge is 2.43. The second kappa shape index (κ2) is 17.0. The molecule has 0 spiro atoms. The van der Waals surface area contributed by atoms with E-state index in [4.69, 9.17) is 5.73 Å². The molecule has 6 N–H and O–H groups in total. The number of carbonyl (C=O) groups is 2. The van der Waals surface area contributed by atoms with E-state index in [0.29, 0.717) is 51.1 Å². The van der Waals surface area contributed by atoms with Gasteiger partial charge in [0.05, 0.1) is 29.5 Å². The summed E-state index contributed by atoms with van der Waals surface area (Å²) in [6.45, 7) is 2.04. The summed E-state index contributed by atoms with van der Waals surface area (Å²) in [5.41, 5.74) is 8.47. The number of amides is 2. The fourth-order valence-corrected chi connectivity index (χ4v) is 5.60. The molecule has 9 nitrogen and oxygen atoms in total. The molecule has 5 rings (SSSR count). The van der Waals surface area contributed by atoms with Crippen molar-refractivity contribution >= 4 is 65.6 Å². The van der Waals surface area contributed by atoms with Crippen molar-refractivity contribution in [3.8, 4) is 0 Å². The third-order valence-corrected chi connectivity index (χ3v) is 7.85. The first-order valence-electron chi connectivity index (χ1n) is 13.8. The maximum absolute atomic E-state index is 13.5. The van der Waals surface area contributed by atoms with Crippen LogP contribution in [0.3, 0.4) is 0 Å². The van der Waals surface area contributed by atoms with Gasteiger partial charge in [-0.05, 0) is 62.4 Å². The maximum atomic E-state index is 13.5. The van der Waals surface area contributed by atoms with Crippen LogP contribution in [0.5, 0.6) is 0 Å². The highest BCUT2D eigenvalue weighted by atomic mass is 35.5. The van der Waals surface area contributed by atoms with E-state index in [9.17, 15) is 14.7 Å². The van der Waals surface area contributed by atoms with Gasteiger partial charge in [-0.15, -0.1) is 37.2 Å². The smallest absolute Gasteiger partial charge is 0.247 e. The molecule has 0 radical (unpaired) electrons. The monoisotopic (exact) mass is 638 g/mol. The number of rotatable bonds is 10. The second-order valence-electron chi connectivity index (χ2n) is 10.7. The molecule has 12 heteroatoms. The summed E-state index contributed by atoms with van der Waals surface area (Å²) in [5, 5.41) is 21.2. The average molecular weight is 640 g/mol. The molecule has 3 aromatic rings. The highest BCUT2D eigenvalue weighted by Crippen LogP contribution is 2.25. The molecule has 0 saturated carbocycles. The Kier molecular flexibility index (Phi) is 14.4. The van der Waals surface area contributed by atoms with Crippen molar-refractivity contribution in [3.63, 3.8) is 0 Å². The third kappa shape index (κ3) is 9.00. The number of nitrogens with two attached hydrogens (primary N) is 1. The molecular formula is C30H41Cl3N6O3. The average Bonchev–Trinajstić information content (AvgIpc) is 3.63. The maximum Gasteiger partial charge on any atom is 0.247 e. The fourth-order valence-electron chi connectivity index (χ4n) is 5.60. The first-order valence-corrected chi connectivity index (χ1v) is 13.8. The molecule has 42 heavy (non-hydrogen) atoms. The molecule has 2 saturated heterocycles. The van der Waals surface area contributed by atoms with E-state index >= 15 is 0 Å². The summed E-state index contributed by atoms with van der Waals surface area (Å²) in [7, 11) is 0. The van der Waals surface area contributed by atoms with Crippen molar-refractivity contribution < 1.29 is 14.7 Å². The van der Waals surface area contributed by atoms with Gasteiger partial charge in [0.1, 0.15) is 6.04 Å². The quantitative estimate of drug-likeness (QED) is 0.231. The van der Waals surface area contributed by atoms with E-state index in [2.05, 4.69) is 33.1 Å². The molecule has 2 amide bonds. The van der Waals surface area contributed by atoms with Crippen LogP contribution in [0.1, 0.15) is 24.8 Å². The van der Waals surface area contributed by atoms with Gasteiger partial charge in [-0.2, -0.15) is 0 Å². The topological polar surface area (TPSA) is 133 Å². The zero-order chi connectivity index (χ0) is 27.2. The van der Waals surface area contributed by atoms with Crippen LogP contribution >= 0.6 is 37.2 Å². The summed E-state index contributed by atoms with van der Waals surface area (Å²) in [6, 6.07) is 18.6. The van der Waals surface area contributed by atoms with Crippen LogP contribution in [-0.2, 0) is 16.0 Å². The third-order valence-electron chi connectivity index (χ3n) is 7.85. The lowest BCUT2D eigenvalue weighted by Crippen LogP contribution is -2.50. The number of nitrogens with one attached hydrogen (secondary N) is 3. The number of benzene rings is 2. The van der Waals surface area contributed by atoms with Crippen LogP contribution in [0.4, 0.5) is 5.69 Å². The number of nitrogens with zero attached hydrogens (tertiary/aromatic N) is 2. The highest BCUT2D eigenvalue weighted by molar-refractivity contribution is 5.99. The number of likely N-dealkylation sites (tertiary alicyclic amines) is 1. The van der Waals surface area contributed by atoms with Crippen molar-refractivity contribution in [2.45, 2.75) is 49.9 Å². The first kappa shape index (κ1) is 35.7. The summed E-state index contributed by atoms with van der Waals surface area (Å²) < 4.78 is 0. The minimum atomic E-state index is -0.623. The Balaban J connectivity index is 0.00000205. The molecule has 230 valence electrons. The van der Waals surface area contributed by atoms with Gasteiger partial charge in [0.25, 0.3) is 0 Å². The number of hydrogen-bond donors (Lipinski definition) is 5. The lowest BCUT2D eigenvalue weighted by molar-refractivity contribution is -0.138. The Hall–Kier alpha value is -2.50. The molecule has 3 heterocycles. The van der Waals surface area contributed by atoms with E-state index in [1.54, 1.807) is 11.1 Å². The minimum Gasteiger partial charge on any atom is -0.392 e. The van der Waals surface area contributed by atoms with Crippen LogP contribution < -0.4 is 21.7 Å². The zero-order valence-electron chi connectivity index (χ0n) is 23.4. The summed E-state index contributed by atoms with van der Waals surface area (Å²) >= 11 is 0. The number of aliphatic hydroxyl groups excluding tert-OH is 1. The van der Waals surface area contributed by atoms with Crippen LogP contribution in [0, 0.1) is 5.92 Å². The van der Waals surface area contributed by atoms with E-state index in [0.717, 1.165) is 17.3 Å². The minimum absolute atomic E-state index is 0. The van der Waals surface area contributed by atoms with Gasteiger partial charge in [0.2, 0.25) is 11.8 Å². The van der Waals surface area contributed by atoms with Crippen molar-refractivity contribution in [1.82, 2.24) is 20.5 Å². The number of fused-ring (bicyclic) bond motifs is 1. The summed E-state index contributed by atoms with van der Waals surface area (Å²) in [4.78, 5) is 33.2. The lowest BCUT2D eigenvalue weighted by atomic mass is 10.0. The van der Waals surface area contributed by atoms with Crippen LogP contribution in [0.2, 0.25) is 0 Å². The molecule has 2 aromatic carbocycles. The van der Waals surface area contributed by atoms with Gasteiger partial charge in [0.15, 0.2) is 0 Å². The molecule has 0 unspecified atom stereocenters. The molecule has 2 fully saturated rings. The Bertz CT molecular complexity index is 1290. The second-order valence-corrected chi connectivity index (χ2v) is 10.7. The Morgan fingerprint density at radius 2 is 1.81 bits per heavy atom. The van der Waals surface area contributed by atoms with Crippen molar-refractivity contribution in [2.24, 2.45) is 11.7 Å². The lowest BCUT2D eigenvalue weighted by Gasteiger charge is -2.26. The Labute approximate surface area is 265 Å². The van der Waals surface area contributed by atoms with Gasteiger partial charge >= 0.3 is 0 Å². The number of halogens is 3. The van der Waals surface area contributed by atoms with Crippen molar-refractivity contribution in [1.29, 1.82) is 0 Å². The van der Waals surface area contributed by atoms with Crippen molar-refractivity contribution in [2.75, 3.05) is 31.5 Å². The molecule has 5 atom stereocenters. The molecule has 2 aliphatic rings. The van der Waals surface area contributed by atoms with Gasteiger partial charge in [0, 0.05) is 24.5 Å². The van der Waals surface area contributed by atoms with Gasteiger partial charge < -0.3 is 31.7 Å². The Morgan fingerprint density at radius 3 is 2.55 bits per heavy atom. The van der Waals surface area contributed by atoms with Gasteiger partial charge in [-0.1, -0.05) is 48.5 Å². The predicted molar refractivity (Wildman–Crippen MR) is 174 cm³/mol. The molecule has 0 aliphatic carbocycles. The first-order chi connectivity index (χ1) is 19.0. The van der Waals surface area contributed by atoms with Gasteiger partial charge in [-0.25, -0.2) is 0 Å². The normalized spacial score (nSPS) is 22.0. The number of aliphatic hydroxyl groups is 1. The SMILES string of the molecule is Cl.Cl.Cl.NC[C@H]1CN[C@H](C(=O)N2C[C@H](NC[C@H](O)CCc3ccccc3)C[C@H]2C(=O)Nc2cnc3ccccc3c2)C1. The van der Waals surface area contributed by atoms with Crippen LogP contribution in [-0.4, -0.2) is 77.2 Å². The number of aromatic nitrogens is 1. The van der Waals surface area contributed by atoms with E-state index in [1.165, 1.54) is 5.56 Å². The molecular weight excluding hydrogens is 599 g/mol. The molecule has 0 bridgehead atoms. The van der Waals surface area contributed by atoms with E-state index < -0.39 is 12.1 Å². The standard InChI is InChI=1S/C30H38N6O3.3ClH/c31-15-21-12-27(33-16-21)30(39)36-19-24(32-18-25(37)11-10-20-6-2-1-3-7-20)14-28(36)29(38)35-23-13-22-8-4-5-9-26(22)34-17-23;;;/h1-9,13,17,21,24-25,27-28,32-33,37H,10-12,14-16,18-19,31H2,(H,35,38);3*1H/t21-,24+,25+,27-,28-;;;/m0.../s1. The van der Waals surface area contributed by atoms with E-state index in [1.807, 2.05) is 48.5 Å². The number of carbonyl (C=O) groups excluding carboxylic acids is 2. The van der Waals surface area contributed by atoms with Crippen LogP contribution in [0.15, 0.2) is 66.9 Å². The number of anilines is 1. The number of hydrogen-bond acceptors (Lipinski definition) is 7. The predicted octanol–water partition coefficient (Wildman–Crippen LogP) is 2.93. The summed E-state index contributed by atoms with van der Waals surface area (Å²) in [5.74, 6) is -0.0504. The number of aryl methyl sites for hydroxylation is 1.